The lowest BCUT2D eigenvalue weighted by Gasteiger charge is -2.01. The zero-order valence-corrected chi connectivity index (χ0v) is 16.4. The number of carbonyl (C=O) groups excluding carboxylic acids is 1. The molecule has 0 aliphatic rings. The van der Waals surface area contributed by atoms with Gasteiger partial charge in [-0.05, 0) is 32.6 Å². The van der Waals surface area contributed by atoms with Crippen LogP contribution in [0.1, 0.15) is 46.0 Å². The summed E-state index contributed by atoms with van der Waals surface area (Å²) in [6.45, 7) is 3.56. The minimum absolute atomic E-state index is 0.0692. The van der Waals surface area contributed by atoms with E-state index in [9.17, 15) is 20.1 Å². The second-order valence-corrected chi connectivity index (χ2v) is 6.26. The first kappa shape index (κ1) is 25.0. The topological polar surface area (TPSA) is 77.8 Å². The van der Waals surface area contributed by atoms with E-state index in [0.717, 1.165) is 6.42 Å². The lowest BCUT2D eigenvalue weighted by molar-refractivity contribution is -0.117. The fraction of sp³-hybridized carbons (Fsp3) is 0.435. The zero-order chi connectivity index (χ0) is 20.3. The average Bonchev–Trinajstić information content (AvgIpc) is 2.62. The SMILES string of the molecule is CC/C=C\C[C@H](O)/C=C/C=C\CC(O)/C=C/C=C/C=C/[C@@H](O)CCC(C)=O. The smallest absolute Gasteiger partial charge is 0.129 e. The van der Waals surface area contributed by atoms with Crippen molar-refractivity contribution in [2.24, 2.45) is 0 Å². The van der Waals surface area contributed by atoms with Gasteiger partial charge >= 0.3 is 0 Å². The number of Topliss-reactive ketones (excluding diaryl/α,β-unsaturated/α-hetero) is 1. The highest BCUT2D eigenvalue weighted by Crippen LogP contribution is 2.01. The van der Waals surface area contributed by atoms with Gasteiger partial charge in [0.25, 0.3) is 0 Å². The van der Waals surface area contributed by atoms with Crippen LogP contribution in [-0.4, -0.2) is 39.4 Å². The average molecular weight is 375 g/mol. The summed E-state index contributed by atoms with van der Waals surface area (Å²) in [6, 6.07) is 0. The molecule has 0 rings (SSSR count). The van der Waals surface area contributed by atoms with Crippen LogP contribution in [0.5, 0.6) is 0 Å². The van der Waals surface area contributed by atoms with Crippen molar-refractivity contribution in [1.82, 2.24) is 0 Å². The number of carbonyl (C=O) groups is 1. The summed E-state index contributed by atoms with van der Waals surface area (Å²) in [5, 5.41) is 29.1. The molecule has 0 aromatic heterocycles. The van der Waals surface area contributed by atoms with Crippen LogP contribution in [0.3, 0.4) is 0 Å². The predicted molar refractivity (Wildman–Crippen MR) is 112 cm³/mol. The Morgan fingerprint density at radius 2 is 1.26 bits per heavy atom. The maximum Gasteiger partial charge on any atom is 0.129 e. The van der Waals surface area contributed by atoms with Gasteiger partial charge in [-0.2, -0.15) is 0 Å². The summed E-state index contributed by atoms with van der Waals surface area (Å²) in [5.41, 5.74) is 0. The molecular weight excluding hydrogens is 340 g/mol. The molecule has 0 bridgehead atoms. The number of allylic oxidation sites excluding steroid dienone is 7. The summed E-state index contributed by atoms with van der Waals surface area (Å²) in [6.07, 6.45) is 22.6. The molecule has 0 saturated carbocycles. The maximum absolute atomic E-state index is 10.8. The van der Waals surface area contributed by atoms with E-state index in [4.69, 9.17) is 0 Å². The van der Waals surface area contributed by atoms with Gasteiger partial charge in [-0.15, -0.1) is 0 Å². The lowest BCUT2D eigenvalue weighted by atomic mass is 10.1. The van der Waals surface area contributed by atoms with Gasteiger partial charge in [0.05, 0.1) is 18.3 Å². The monoisotopic (exact) mass is 374 g/mol. The van der Waals surface area contributed by atoms with E-state index in [0.29, 0.717) is 25.7 Å². The molecule has 0 radical (unpaired) electrons. The largest absolute Gasteiger partial charge is 0.389 e. The molecule has 4 nitrogen and oxygen atoms in total. The molecule has 0 aliphatic carbocycles. The van der Waals surface area contributed by atoms with Gasteiger partial charge < -0.3 is 20.1 Å². The quantitative estimate of drug-likeness (QED) is 0.318. The summed E-state index contributed by atoms with van der Waals surface area (Å²) < 4.78 is 0. The van der Waals surface area contributed by atoms with Crippen molar-refractivity contribution < 1.29 is 20.1 Å². The molecule has 3 atom stereocenters. The Hall–Kier alpha value is -2.01. The van der Waals surface area contributed by atoms with Gasteiger partial charge in [0.1, 0.15) is 5.78 Å². The Morgan fingerprint density at radius 3 is 1.81 bits per heavy atom. The van der Waals surface area contributed by atoms with E-state index in [1.807, 2.05) is 24.3 Å². The second-order valence-electron chi connectivity index (χ2n) is 6.26. The Balaban J connectivity index is 4.01. The Bertz CT molecular complexity index is 553. The van der Waals surface area contributed by atoms with E-state index in [1.165, 1.54) is 6.92 Å². The predicted octanol–water partition coefficient (Wildman–Crippen LogP) is 3.97. The van der Waals surface area contributed by atoms with Crippen LogP contribution in [-0.2, 0) is 4.79 Å². The van der Waals surface area contributed by atoms with E-state index in [-0.39, 0.29) is 5.78 Å². The lowest BCUT2D eigenvalue weighted by Crippen LogP contribution is -2.04. The first-order valence-corrected chi connectivity index (χ1v) is 9.49. The number of aliphatic hydroxyl groups is 3. The van der Waals surface area contributed by atoms with Crippen LogP contribution in [0, 0.1) is 0 Å². The van der Waals surface area contributed by atoms with Crippen molar-refractivity contribution in [3.05, 3.63) is 72.9 Å². The number of rotatable bonds is 14. The molecule has 1 unspecified atom stereocenters. The molecule has 0 spiro atoms. The van der Waals surface area contributed by atoms with Gasteiger partial charge in [-0.25, -0.2) is 0 Å². The van der Waals surface area contributed by atoms with E-state index >= 15 is 0 Å². The normalized spacial score (nSPS) is 16.6. The van der Waals surface area contributed by atoms with E-state index in [1.54, 1.807) is 48.6 Å². The molecule has 150 valence electrons. The first-order valence-electron chi connectivity index (χ1n) is 9.49. The summed E-state index contributed by atoms with van der Waals surface area (Å²) in [7, 11) is 0. The van der Waals surface area contributed by atoms with Crippen LogP contribution in [0.2, 0.25) is 0 Å². The third-order valence-corrected chi connectivity index (χ3v) is 3.53. The molecule has 0 heterocycles. The summed E-state index contributed by atoms with van der Waals surface area (Å²) in [4.78, 5) is 10.8. The molecule has 4 heteroatoms. The van der Waals surface area contributed by atoms with Gasteiger partial charge in [0.15, 0.2) is 0 Å². The third kappa shape index (κ3) is 18.6. The van der Waals surface area contributed by atoms with Crippen LogP contribution < -0.4 is 0 Å². The van der Waals surface area contributed by atoms with Crippen LogP contribution in [0.4, 0.5) is 0 Å². The molecule has 0 saturated heterocycles. The minimum Gasteiger partial charge on any atom is -0.389 e. The van der Waals surface area contributed by atoms with Crippen molar-refractivity contribution in [2.45, 2.75) is 64.3 Å². The zero-order valence-electron chi connectivity index (χ0n) is 16.4. The Labute approximate surface area is 163 Å². The van der Waals surface area contributed by atoms with Crippen LogP contribution in [0.25, 0.3) is 0 Å². The van der Waals surface area contributed by atoms with Gasteiger partial charge in [0, 0.05) is 6.42 Å². The van der Waals surface area contributed by atoms with E-state index in [2.05, 4.69) is 6.92 Å². The summed E-state index contributed by atoms with van der Waals surface area (Å²) >= 11 is 0. The van der Waals surface area contributed by atoms with Gasteiger partial charge in [-0.3, -0.25) is 0 Å². The molecule has 0 aromatic carbocycles. The highest BCUT2D eigenvalue weighted by atomic mass is 16.3. The number of ketones is 1. The fourth-order valence-electron chi connectivity index (χ4n) is 2.01. The maximum atomic E-state index is 10.8. The van der Waals surface area contributed by atoms with Crippen molar-refractivity contribution in [2.75, 3.05) is 0 Å². The third-order valence-electron chi connectivity index (χ3n) is 3.53. The van der Waals surface area contributed by atoms with E-state index < -0.39 is 18.3 Å². The van der Waals surface area contributed by atoms with Crippen molar-refractivity contribution in [3.63, 3.8) is 0 Å². The van der Waals surface area contributed by atoms with Crippen LogP contribution in [0.15, 0.2) is 72.9 Å². The molecule has 0 aliphatic heterocycles. The van der Waals surface area contributed by atoms with Crippen molar-refractivity contribution in [1.29, 1.82) is 0 Å². The standard InChI is InChI=1S/C23H34O4/c1-3-4-8-13-21(25)15-11-7-12-16-22(26)14-9-5-6-10-17-23(27)19-18-20(2)24/h4-12,14-15,17,21-23,25-27H,3,13,16,18-19H2,1-2H3/b6-5+,8-4-,12-7-,14-9+,15-11+,17-10+/t21-,22?,23+/m0/s1. The fourth-order valence-corrected chi connectivity index (χ4v) is 2.01. The minimum atomic E-state index is -0.618. The van der Waals surface area contributed by atoms with Gasteiger partial charge in [0.2, 0.25) is 0 Å². The second kappa shape index (κ2) is 17.4. The molecule has 0 amide bonds. The van der Waals surface area contributed by atoms with Gasteiger partial charge in [-0.1, -0.05) is 79.8 Å². The highest BCUT2D eigenvalue weighted by molar-refractivity contribution is 5.75. The molecule has 0 aromatic rings. The molecule has 0 fully saturated rings. The van der Waals surface area contributed by atoms with Crippen LogP contribution >= 0.6 is 0 Å². The molecule has 3 N–H and O–H groups in total. The summed E-state index contributed by atoms with van der Waals surface area (Å²) in [5.74, 6) is 0.0692. The Morgan fingerprint density at radius 1 is 0.741 bits per heavy atom. The first-order chi connectivity index (χ1) is 13.0. The highest BCUT2D eigenvalue weighted by Gasteiger charge is 2.00. The van der Waals surface area contributed by atoms with Crippen molar-refractivity contribution >= 4 is 5.78 Å². The molecule has 27 heavy (non-hydrogen) atoms. The number of aliphatic hydroxyl groups excluding tert-OH is 3. The number of hydrogen-bond donors (Lipinski definition) is 3. The molecular formula is C23H34O4. The van der Waals surface area contributed by atoms with Crippen molar-refractivity contribution in [3.8, 4) is 0 Å². The number of hydrogen-bond acceptors (Lipinski definition) is 4. The Kier molecular flexibility index (Phi) is 16.1.